The third-order valence-electron chi connectivity index (χ3n) is 3.94. The summed E-state index contributed by atoms with van der Waals surface area (Å²) in [7, 11) is 4.64. The SMILES string of the molecule is COc1cc(OC)c(OC)cc1/C=N\NC(=O)c1c[nH]c2ccccc12. The van der Waals surface area contributed by atoms with Crippen molar-refractivity contribution in [1.29, 1.82) is 0 Å². The largest absolute Gasteiger partial charge is 0.496 e. The molecule has 0 radical (unpaired) electrons. The Kier molecular flexibility index (Phi) is 5.07. The number of nitrogens with one attached hydrogen (secondary N) is 2. The van der Waals surface area contributed by atoms with Crippen molar-refractivity contribution in [2.45, 2.75) is 0 Å². The number of methoxy groups -OCH3 is 3. The second kappa shape index (κ2) is 7.60. The van der Waals surface area contributed by atoms with E-state index in [2.05, 4.69) is 15.5 Å². The van der Waals surface area contributed by atoms with Crippen molar-refractivity contribution in [2.75, 3.05) is 21.3 Å². The predicted molar refractivity (Wildman–Crippen MR) is 99.5 cm³/mol. The maximum absolute atomic E-state index is 12.4. The smallest absolute Gasteiger partial charge is 0.273 e. The molecule has 7 nitrogen and oxygen atoms in total. The zero-order chi connectivity index (χ0) is 18.5. The van der Waals surface area contributed by atoms with E-state index in [1.165, 1.54) is 6.21 Å². The maximum Gasteiger partial charge on any atom is 0.273 e. The molecule has 3 rings (SSSR count). The molecule has 0 aliphatic rings. The molecule has 2 aromatic carbocycles. The number of benzene rings is 2. The number of hydrogen-bond donors (Lipinski definition) is 2. The van der Waals surface area contributed by atoms with E-state index < -0.39 is 0 Å². The van der Waals surface area contributed by atoms with Crippen molar-refractivity contribution in [2.24, 2.45) is 5.10 Å². The van der Waals surface area contributed by atoms with Gasteiger partial charge in [-0.25, -0.2) is 5.43 Å². The number of carbonyl (C=O) groups excluding carboxylic acids is 1. The number of aromatic nitrogens is 1. The average Bonchev–Trinajstić information content (AvgIpc) is 3.11. The number of aromatic amines is 1. The van der Waals surface area contributed by atoms with Gasteiger partial charge in [-0.1, -0.05) is 18.2 Å². The summed E-state index contributed by atoms with van der Waals surface area (Å²) < 4.78 is 15.9. The number of hydrazone groups is 1. The number of fused-ring (bicyclic) bond motifs is 1. The Morgan fingerprint density at radius 2 is 1.73 bits per heavy atom. The minimum atomic E-state index is -0.307. The van der Waals surface area contributed by atoms with E-state index in [0.29, 0.717) is 28.4 Å². The number of carbonyl (C=O) groups is 1. The van der Waals surface area contributed by atoms with Gasteiger partial charge in [0.1, 0.15) is 5.75 Å². The topological polar surface area (TPSA) is 84.9 Å². The van der Waals surface area contributed by atoms with Crippen LogP contribution in [0.4, 0.5) is 0 Å². The zero-order valence-corrected chi connectivity index (χ0v) is 14.7. The Morgan fingerprint density at radius 3 is 2.46 bits per heavy atom. The Bertz CT molecular complexity index is 963. The van der Waals surface area contributed by atoms with E-state index >= 15 is 0 Å². The number of H-pyrrole nitrogens is 1. The van der Waals surface area contributed by atoms with Gasteiger partial charge in [0, 0.05) is 28.7 Å². The summed E-state index contributed by atoms with van der Waals surface area (Å²) in [5.41, 5.74) is 4.59. The van der Waals surface area contributed by atoms with Gasteiger partial charge >= 0.3 is 0 Å². The minimum absolute atomic E-state index is 0.307. The summed E-state index contributed by atoms with van der Waals surface area (Å²) in [4.78, 5) is 15.4. The Labute approximate surface area is 150 Å². The lowest BCUT2D eigenvalue weighted by Gasteiger charge is -2.11. The van der Waals surface area contributed by atoms with E-state index in [0.717, 1.165) is 10.9 Å². The van der Waals surface area contributed by atoms with E-state index in [4.69, 9.17) is 14.2 Å². The van der Waals surface area contributed by atoms with Crippen molar-refractivity contribution < 1.29 is 19.0 Å². The van der Waals surface area contributed by atoms with Crippen LogP contribution in [0.3, 0.4) is 0 Å². The van der Waals surface area contributed by atoms with Gasteiger partial charge in [-0.15, -0.1) is 0 Å². The summed E-state index contributed by atoms with van der Waals surface area (Å²) >= 11 is 0. The molecule has 0 bridgehead atoms. The Hall–Kier alpha value is -3.48. The summed E-state index contributed by atoms with van der Waals surface area (Å²) in [5.74, 6) is 1.33. The maximum atomic E-state index is 12.4. The lowest BCUT2D eigenvalue weighted by atomic mass is 10.2. The van der Waals surface area contributed by atoms with Crippen LogP contribution in [-0.4, -0.2) is 38.4 Å². The summed E-state index contributed by atoms with van der Waals surface area (Å²) in [5, 5.41) is 4.87. The molecule has 0 atom stereocenters. The molecule has 1 amide bonds. The van der Waals surface area contributed by atoms with Crippen molar-refractivity contribution in [1.82, 2.24) is 10.4 Å². The average molecular weight is 353 g/mol. The number of ether oxygens (including phenoxy) is 3. The lowest BCUT2D eigenvalue weighted by molar-refractivity contribution is 0.0957. The van der Waals surface area contributed by atoms with Gasteiger partial charge in [-0.3, -0.25) is 4.79 Å². The van der Waals surface area contributed by atoms with Crippen LogP contribution in [0.5, 0.6) is 17.2 Å². The fraction of sp³-hybridized carbons (Fsp3) is 0.158. The summed E-state index contributed by atoms with van der Waals surface area (Å²) in [6.45, 7) is 0. The van der Waals surface area contributed by atoms with Crippen molar-refractivity contribution in [3.8, 4) is 17.2 Å². The van der Waals surface area contributed by atoms with Crippen molar-refractivity contribution >= 4 is 23.0 Å². The zero-order valence-electron chi connectivity index (χ0n) is 14.7. The quantitative estimate of drug-likeness (QED) is 0.527. The number of amides is 1. The highest BCUT2D eigenvalue weighted by molar-refractivity contribution is 6.06. The first kappa shape index (κ1) is 17.3. The van der Waals surface area contributed by atoms with E-state index in [1.807, 2.05) is 24.3 Å². The minimum Gasteiger partial charge on any atom is -0.496 e. The van der Waals surface area contributed by atoms with Gasteiger partial charge in [-0.05, 0) is 12.1 Å². The molecule has 0 aliphatic carbocycles. The van der Waals surface area contributed by atoms with Gasteiger partial charge in [0.2, 0.25) is 0 Å². The number of para-hydroxylation sites is 1. The lowest BCUT2D eigenvalue weighted by Crippen LogP contribution is -2.17. The third-order valence-corrected chi connectivity index (χ3v) is 3.94. The molecule has 0 saturated heterocycles. The second-order valence-electron chi connectivity index (χ2n) is 5.40. The monoisotopic (exact) mass is 353 g/mol. The first-order chi connectivity index (χ1) is 12.7. The van der Waals surface area contributed by atoms with E-state index in [1.54, 1.807) is 39.7 Å². The van der Waals surface area contributed by atoms with Crippen LogP contribution in [0.15, 0.2) is 47.7 Å². The first-order valence-electron chi connectivity index (χ1n) is 7.87. The van der Waals surface area contributed by atoms with E-state index in [9.17, 15) is 4.79 Å². The molecule has 7 heteroatoms. The van der Waals surface area contributed by atoms with Crippen molar-refractivity contribution in [3.63, 3.8) is 0 Å². The van der Waals surface area contributed by atoms with Crippen LogP contribution in [-0.2, 0) is 0 Å². The second-order valence-corrected chi connectivity index (χ2v) is 5.40. The van der Waals surface area contributed by atoms with Gasteiger partial charge in [0.15, 0.2) is 11.5 Å². The van der Waals surface area contributed by atoms with Crippen LogP contribution in [0.2, 0.25) is 0 Å². The van der Waals surface area contributed by atoms with Crippen LogP contribution in [0, 0.1) is 0 Å². The highest BCUT2D eigenvalue weighted by Gasteiger charge is 2.12. The predicted octanol–water partition coefficient (Wildman–Crippen LogP) is 2.96. The van der Waals surface area contributed by atoms with E-state index in [-0.39, 0.29) is 5.91 Å². The Morgan fingerprint density at radius 1 is 1.04 bits per heavy atom. The normalized spacial score (nSPS) is 10.9. The van der Waals surface area contributed by atoms with Crippen LogP contribution >= 0.6 is 0 Å². The highest BCUT2D eigenvalue weighted by Crippen LogP contribution is 2.33. The number of rotatable bonds is 6. The molecule has 3 aromatic rings. The molecule has 0 fully saturated rings. The first-order valence-corrected chi connectivity index (χ1v) is 7.87. The molecule has 0 saturated carbocycles. The van der Waals surface area contributed by atoms with Crippen LogP contribution in [0.1, 0.15) is 15.9 Å². The molecule has 0 spiro atoms. The molecule has 0 aliphatic heterocycles. The molecular weight excluding hydrogens is 334 g/mol. The van der Waals surface area contributed by atoms with Crippen LogP contribution < -0.4 is 19.6 Å². The Balaban J connectivity index is 1.81. The molecule has 134 valence electrons. The third kappa shape index (κ3) is 3.32. The van der Waals surface area contributed by atoms with Gasteiger partial charge in [0.05, 0.1) is 33.1 Å². The van der Waals surface area contributed by atoms with Gasteiger partial charge < -0.3 is 19.2 Å². The molecule has 2 N–H and O–H groups in total. The molecule has 1 aromatic heterocycles. The molecule has 26 heavy (non-hydrogen) atoms. The number of hydrogen-bond acceptors (Lipinski definition) is 5. The fourth-order valence-electron chi connectivity index (χ4n) is 2.63. The van der Waals surface area contributed by atoms with Crippen LogP contribution in [0.25, 0.3) is 10.9 Å². The molecule has 0 unspecified atom stereocenters. The van der Waals surface area contributed by atoms with Crippen molar-refractivity contribution in [3.05, 3.63) is 53.7 Å². The summed E-state index contributed by atoms with van der Waals surface area (Å²) in [6, 6.07) is 11.0. The molecular formula is C19H19N3O4. The molecule has 1 heterocycles. The standard InChI is InChI=1S/C19H19N3O4/c1-24-16-9-18(26-3)17(25-2)8-12(16)10-21-22-19(23)14-11-20-15-7-5-4-6-13(14)15/h4-11,20H,1-3H3,(H,22,23)/b21-10-. The fourth-order valence-corrected chi connectivity index (χ4v) is 2.63. The summed E-state index contributed by atoms with van der Waals surface area (Å²) in [6.07, 6.45) is 3.15. The highest BCUT2D eigenvalue weighted by atomic mass is 16.5. The number of nitrogens with zero attached hydrogens (tertiary/aromatic N) is 1. The van der Waals surface area contributed by atoms with Gasteiger partial charge in [0.25, 0.3) is 5.91 Å². The van der Waals surface area contributed by atoms with Gasteiger partial charge in [-0.2, -0.15) is 5.10 Å².